The lowest BCUT2D eigenvalue weighted by atomic mass is 10.2. The Kier molecular flexibility index (Phi) is 6.26. The van der Waals surface area contributed by atoms with Crippen molar-refractivity contribution >= 4 is 21.6 Å². The zero-order valence-electron chi connectivity index (χ0n) is 11.8. The quantitative estimate of drug-likeness (QED) is 0.806. The van der Waals surface area contributed by atoms with Crippen molar-refractivity contribution in [3.05, 3.63) is 22.7 Å². The van der Waals surface area contributed by atoms with Crippen LogP contribution >= 0.6 is 11.6 Å². The number of ether oxygens (including phenoxy) is 1. The Hall–Kier alpha value is -0.820. The smallest absolute Gasteiger partial charge is 0.244 e. The molecule has 0 aliphatic carbocycles. The number of aryl methyl sites for hydroxylation is 1. The Balaban J connectivity index is 3.16. The van der Waals surface area contributed by atoms with Crippen molar-refractivity contribution in [1.82, 2.24) is 4.72 Å². The minimum atomic E-state index is -3.78. The summed E-state index contributed by atoms with van der Waals surface area (Å²) < 4.78 is 32.2. The lowest BCUT2D eigenvalue weighted by Crippen LogP contribution is -2.31. The predicted octanol–water partition coefficient (Wildman–Crippen LogP) is 2.10. The SMILES string of the molecule is CCCOc1cc(C)c(Cl)cc1S(=O)(=O)NC[C@@H](C)O. The van der Waals surface area contributed by atoms with Crippen molar-refractivity contribution in [2.45, 2.75) is 38.2 Å². The zero-order valence-corrected chi connectivity index (χ0v) is 13.4. The molecule has 0 aliphatic rings. The number of hydrogen-bond donors (Lipinski definition) is 2. The largest absolute Gasteiger partial charge is 0.492 e. The summed E-state index contributed by atoms with van der Waals surface area (Å²) in [5.74, 6) is 0.270. The maximum Gasteiger partial charge on any atom is 0.244 e. The molecule has 1 rings (SSSR count). The molecule has 0 aromatic heterocycles. The first-order chi connectivity index (χ1) is 9.27. The van der Waals surface area contributed by atoms with Crippen molar-refractivity contribution in [1.29, 1.82) is 0 Å². The first-order valence-electron chi connectivity index (χ1n) is 6.38. The Morgan fingerprint density at radius 3 is 2.65 bits per heavy atom. The number of benzene rings is 1. The van der Waals surface area contributed by atoms with Crippen LogP contribution in [0.25, 0.3) is 0 Å². The predicted molar refractivity (Wildman–Crippen MR) is 78.8 cm³/mol. The van der Waals surface area contributed by atoms with Gasteiger partial charge in [-0.3, -0.25) is 0 Å². The van der Waals surface area contributed by atoms with Crippen LogP contribution in [0, 0.1) is 6.92 Å². The molecule has 0 radical (unpaired) electrons. The van der Waals surface area contributed by atoms with E-state index in [4.69, 9.17) is 16.3 Å². The number of aliphatic hydroxyl groups excluding tert-OH is 1. The van der Waals surface area contributed by atoms with Crippen LogP contribution in [-0.4, -0.2) is 32.8 Å². The minimum Gasteiger partial charge on any atom is -0.492 e. The maximum absolute atomic E-state index is 12.2. The molecule has 7 heteroatoms. The van der Waals surface area contributed by atoms with E-state index in [9.17, 15) is 13.5 Å². The molecule has 5 nitrogen and oxygen atoms in total. The van der Waals surface area contributed by atoms with Crippen LogP contribution in [0.15, 0.2) is 17.0 Å². The molecule has 0 aliphatic heterocycles. The highest BCUT2D eigenvalue weighted by molar-refractivity contribution is 7.89. The molecule has 0 saturated carbocycles. The lowest BCUT2D eigenvalue weighted by molar-refractivity contribution is 0.198. The van der Waals surface area contributed by atoms with Crippen LogP contribution in [0.2, 0.25) is 5.02 Å². The number of halogens is 1. The van der Waals surface area contributed by atoms with Crippen LogP contribution in [0.4, 0.5) is 0 Å². The van der Waals surface area contributed by atoms with Crippen LogP contribution < -0.4 is 9.46 Å². The van der Waals surface area contributed by atoms with E-state index in [1.54, 1.807) is 13.0 Å². The summed E-state index contributed by atoms with van der Waals surface area (Å²) in [6.07, 6.45) is -0.00636. The van der Waals surface area contributed by atoms with Crippen LogP contribution in [-0.2, 0) is 10.0 Å². The van der Waals surface area contributed by atoms with Gasteiger partial charge in [0.25, 0.3) is 0 Å². The highest BCUT2D eigenvalue weighted by atomic mass is 35.5. The van der Waals surface area contributed by atoms with E-state index in [1.165, 1.54) is 13.0 Å². The summed E-state index contributed by atoms with van der Waals surface area (Å²) in [4.78, 5) is -0.0119. The number of nitrogens with one attached hydrogen (secondary N) is 1. The highest BCUT2D eigenvalue weighted by Crippen LogP contribution is 2.30. The van der Waals surface area contributed by atoms with Gasteiger partial charge in [-0.15, -0.1) is 0 Å². The summed E-state index contributed by atoms with van der Waals surface area (Å²) in [5.41, 5.74) is 0.743. The number of rotatable bonds is 7. The van der Waals surface area contributed by atoms with Crippen LogP contribution in [0.5, 0.6) is 5.75 Å². The normalized spacial score (nSPS) is 13.2. The van der Waals surface area contributed by atoms with Crippen molar-refractivity contribution in [2.24, 2.45) is 0 Å². The summed E-state index contributed by atoms with van der Waals surface area (Å²) in [5, 5.41) is 9.54. The van der Waals surface area contributed by atoms with Crippen molar-refractivity contribution in [3.63, 3.8) is 0 Å². The molecule has 1 atom stereocenters. The molecule has 0 bridgehead atoms. The monoisotopic (exact) mass is 321 g/mol. The average Bonchev–Trinajstić information content (AvgIpc) is 2.37. The molecule has 1 aromatic rings. The second-order valence-corrected chi connectivity index (χ2v) is 6.74. The van der Waals surface area contributed by atoms with E-state index in [-0.39, 0.29) is 17.2 Å². The fourth-order valence-corrected chi connectivity index (χ4v) is 2.98. The van der Waals surface area contributed by atoms with E-state index >= 15 is 0 Å². The van der Waals surface area contributed by atoms with Gasteiger partial charge < -0.3 is 9.84 Å². The fourth-order valence-electron chi connectivity index (χ4n) is 1.48. The van der Waals surface area contributed by atoms with E-state index < -0.39 is 16.1 Å². The van der Waals surface area contributed by atoms with E-state index in [0.717, 1.165) is 12.0 Å². The van der Waals surface area contributed by atoms with Gasteiger partial charge in [0.1, 0.15) is 10.6 Å². The lowest BCUT2D eigenvalue weighted by Gasteiger charge is -2.14. The van der Waals surface area contributed by atoms with Gasteiger partial charge in [0.05, 0.1) is 12.7 Å². The topological polar surface area (TPSA) is 75.6 Å². The van der Waals surface area contributed by atoms with Gasteiger partial charge in [-0.1, -0.05) is 18.5 Å². The molecule has 2 N–H and O–H groups in total. The highest BCUT2D eigenvalue weighted by Gasteiger charge is 2.21. The number of aliphatic hydroxyl groups is 1. The zero-order chi connectivity index (χ0) is 15.3. The van der Waals surface area contributed by atoms with Crippen molar-refractivity contribution in [2.75, 3.05) is 13.2 Å². The molecule has 0 saturated heterocycles. The number of hydrogen-bond acceptors (Lipinski definition) is 4. The third-order valence-electron chi connectivity index (χ3n) is 2.54. The fraction of sp³-hybridized carbons (Fsp3) is 0.538. The standard InChI is InChI=1S/C13H20ClNO4S/c1-4-5-19-12-6-9(2)11(14)7-13(12)20(17,18)15-8-10(3)16/h6-7,10,15-16H,4-5,8H2,1-3H3/t10-/m1/s1. The van der Waals surface area contributed by atoms with E-state index in [1.807, 2.05) is 6.92 Å². The van der Waals surface area contributed by atoms with Gasteiger partial charge in [0.2, 0.25) is 10.0 Å². The van der Waals surface area contributed by atoms with Crippen LogP contribution in [0.1, 0.15) is 25.8 Å². The molecular weight excluding hydrogens is 302 g/mol. The van der Waals surface area contributed by atoms with Gasteiger partial charge in [0.15, 0.2) is 0 Å². The first-order valence-corrected chi connectivity index (χ1v) is 8.24. The third-order valence-corrected chi connectivity index (χ3v) is 4.40. The van der Waals surface area contributed by atoms with Gasteiger partial charge in [-0.2, -0.15) is 0 Å². The van der Waals surface area contributed by atoms with Gasteiger partial charge in [-0.05, 0) is 38.0 Å². The second-order valence-electron chi connectivity index (χ2n) is 4.60. The molecule has 1 aromatic carbocycles. The van der Waals surface area contributed by atoms with Gasteiger partial charge in [-0.25, -0.2) is 13.1 Å². The molecule has 0 unspecified atom stereocenters. The molecule has 0 heterocycles. The average molecular weight is 322 g/mol. The summed E-state index contributed by atoms with van der Waals surface area (Å²) in [7, 11) is -3.78. The van der Waals surface area contributed by atoms with E-state index in [2.05, 4.69) is 4.72 Å². The summed E-state index contributed by atoms with van der Waals surface area (Å²) >= 11 is 5.99. The molecule has 0 fully saturated rings. The second kappa shape index (κ2) is 7.26. The Morgan fingerprint density at radius 1 is 1.45 bits per heavy atom. The molecular formula is C13H20ClNO4S. The third kappa shape index (κ3) is 4.63. The molecule has 0 spiro atoms. The summed E-state index contributed by atoms with van der Waals surface area (Å²) in [6, 6.07) is 2.97. The number of sulfonamides is 1. The van der Waals surface area contributed by atoms with Crippen LogP contribution in [0.3, 0.4) is 0 Å². The Morgan fingerprint density at radius 2 is 2.10 bits per heavy atom. The van der Waals surface area contributed by atoms with E-state index in [0.29, 0.717) is 11.6 Å². The molecule has 114 valence electrons. The maximum atomic E-state index is 12.2. The molecule has 0 amide bonds. The minimum absolute atomic E-state index is 0.0119. The van der Waals surface area contributed by atoms with Gasteiger partial charge >= 0.3 is 0 Å². The van der Waals surface area contributed by atoms with Crippen molar-refractivity contribution < 1.29 is 18.3 Å². The van der Waals surface area contributed by atoms with Crippen molar-refractivity contribution in [3.8, 4) is 5.75 Å². The molecule has 20 heavy (non-hydrogen) atoms. The first kappa shape index (κ1) is 17.2. The van der Waals surface area contributed by atoms with Gasteiger partial charge in [0, 0.05) is 11.6 Å². The Bertz CT molecular complexity index is 558. The Labute approximate surface area is 125 Å². The summed E-state index contributed by atoms with van der Waals surface area (Å²) in [6.45, 7) is 5.56.